The molecule has 0 amide bonds. The van der Waals surface area contributed by atoms with Gasteiger partial charge in [0.2, 0.25) is 0 Å². The van der Waals surface area contributed by atoms with Crippen molar-refractivity contribution in [1.82, 2.24) is 4.90 Å². The molecule has 0 bridgehead atoms. The first kappa shape index (κ1) is 14.6. The summed E-state index contributed by atoms with van der Waals surface area (Å²) in [5.74, 6) is -1.11. The second kappa shape index (κ2) is 6.12. The van der Waals surface area contributed by atoms with Gasteiger partial charge in [0.05, 0.1) is 12.0 Å². The van der Waals surface area contributed by atoms with Crippen LogP contribution in [0.4, 0.5) is 0 Å². The van der Waals surface area contributed by atoms with E-state index in [4.69, 9.17) is 16.7 Å². The Labute approximate surface area is 122 Å². The van der Waals surface area contributed by atoms with E-state index in [0.29, 0.717) is 36.5 Å². The van der Waals surface area contributed by atoms with Gasteiger partial charge in [-0.25, -0.2) is 0 Å². The van der Waals surface area contributed by atoms with E-state index in [1.807, 2.05) is 4.90 Å². The van der Waals surface area contributed by atoms with Gasteiger partial charge in [0.15, 0.2) is 0 Å². The maximum absolute atomic E-state index is 10.9. The number of phenols is 1. The number of nitriles is 1. The van der Waals surface area contributed by atoms with Gasteiger partial charge in [-0.3, -0.25) is 9.69 Å². The van der Waals surface area contributed by atoms with Crippen LogP contribution in [0.15, 0.2) is 18.2 Å². The van der Waals surface area contributed by atoms with E-state index in [9.17, 15) is 15.2 Å². The molecule has 1 atom stereocenters. The highest BCUT2D eigenvalue weighted by molar-refractivity contribution is 6.30. The van der Waals surface area contributed by atoms with E-state index in [1.165, 1.54) is 6.07 Å². The number of benzene rings is 1. The number of aromatic hydroxyl groups is 1. The van der Waals surface area contributed by atoms with Crippen LogP contribution in [0.1, 0.15) is 24.4 Å². The summed E-state index contributed by atoms with van der Waals surface area (Å²) in [6.45, 7) is 1.03. The number of carboxylic acids is 1. The maximum Gasteiger partial charge on any atom is 0.306 e. The highest BCUT2D eigenvalue weighted by Crippen LogP contribution is 2.33. The summed E-state index contributed by atoms with van der Waals surface area (Å²) in [5.41, 5.74) is 0.466. The fraction of sp³-hybridized carbons (Fsp3) is 0.429. The Kier molecular flexibility index (Phi) is 4.48. The van der Waals surface area contributed by atoms with E-state index in [0.717, 1.165) is 0 Å². The third kappa shape index (κ3) is 3.03. The number of likely N-dealkylation sites (tertiary alicyclic amines) is 1. The van der Waals surface area contributed by atoms with Crippen LogP contribution >= 0.6 is 11.6 Å². The molecule has 5 nitrogen and oxygen atoms in total. The summed E-state index contributed by atoms with van der Waals surface area (Å²) < 4.78 is 0. The zero-order valence-corrected chi connectivity index (χ0v) is 11.5. The van der Waals surface area contributed by atoms with Crippen LogP contribution in [-0.4, -0.2) is 34.2 Å². The fourth-order valence-corrected chi connectivity index (χ4v) is 2.68. The Hall–Kier alpha value is -1.77. The zero-order chi connectivity index (χ0) is 14.7. The van der Waals surface area contributed by atoms with Crippen molar-refractivity contribution < 1.29 is 15.0 Å². The molecule has 0 saturated carbocycles. The largest absolute Gasteiger partial charge is 0.508 e. The lowest BCUT2D eigenvalue weighted by molar-refractivity contribution is -0.143. The summed E-state index contributed by atoms with van der Waals surface area (Å²) in [6.07, 6.45) is 1.02. The van der Waals surface area contributed by atoms with Crippen LogP contribution in [0.5, 0.6) is 5.75 Å². The second-order valence-electron chi connectivity index (χ2n) is 4.88. The quantitative estimate of drug-likeness (QED) is 0.894. The lowest BCUT2D eigenvalue weighted by Crippen LogP contribution is -2.38. The predicted molar refractivity (Wildman–Crippen MR) is 73.4 cm³/mol. The molecule has 20 heavy (non-hydrogen) atoms. The fourth-order valence-electron chi connectivity index (χ4n) is 2.50. The molecule has 1 unspecified atom stereocenters. The molecule has 0 aromatic heterocycles. The highest BCUT2D eigenvalue weighted by Gasteiger charge is 2.30. The molecule has 0 aliphatic carbocycles. The van der Waals surface area contributed by atoms with Crippen LogP contribution in [0.3, 0.4) is 0 Å². The number of hydrogen-bond acceptors (Lipinski definition) is 4. The molecule has 106 valence electrons. The Bertz CT molecular complexity index is 548. The lowest BCUT2D eigenvalue weighted by atomic mass is 9.94. The molecular formula is C14H15ClN2O3. The van der Waals surface area contributed by atoms with E-state index in [1.54, 1.807) is 12.1 Å². The van der Waals surface area contributed by atoms with Crippen molar-refractivity contribution in [2.45, 2.75) is 18.9 Å². The van der Waals surface area contributed by atoms with Crippen LogP contribution in [-0.2, 0) is 4.79 Å². The molecule has 2 N–H and O–H groups in total. The minimum absolute atomic E-state index is 0.0290. The van der Waals surface area contributed by atoms with Crippen molar-refractivity contribution in [3.05, 3.63) is 28.8 Å². The third-order valence-electron chi connectivity index (χ3n) is 3.65. The number of phenolic OH excluding ortho intramolecular Hbond substituents is 1. The number of hydrogen-bond donors (Lipinski definition) is 2. The normalized spacial score (nSPS) is 18.4. The number of carboxylic acid groups (broad SMARTS) is 1. The molecule has 0 radical (unpaired) electrons. The Balaban J connectivity index is 2.16. The van der Waals surface area contributed by atoms with Gasteiger partial charge in [0.1, 0.15) is 11.8 Å². The number of rotatable bonds is 3. The zero-order valence-electron chi connectivity index (χ0n) is 10.8. The standard InChI is InChI=1S/C14H15ClN2O3/c15-10-1-2-13(18)11(7-10)12(8-16)17-5-3-9(4-6-17)14(19)20/h1-2,7,9,12,18H,3-6H2,(H,19,20). The van der Waals surface area contributed by atoms with Gasteiger partial charge in [-0.2, -0.15) is 5.26 Å². The number of nitrogens with zero attached hydrogens (tertiary/aromatic N) is 2. The first-order valence-corrected chi connectivity index (χ1v) is 6.75. The van der Waals surface area contributed by atoms with Gasteiger partial charge >= 0.3 is 5.97 Å². The minimum Gasteiger partial charge on any atom is -0.508 e. The van der Waals surface area contributed by atoms with Crippen LogP contribution in [0.25, 0.3) is 0 Å². The third-order valence-corrected chi connectivity index (χ3v) is 3.89. The lowest BCUT2D eigenvalue weighted by Gasteiger charge is -2.33. The molecule has 1 aromatic carbocycles. The van der Waals surface area contributed by atoms with Gasteiger partial charge in [-0.15, -0.1) is 0 Å². The van der Waals surface area contributed by atoms with Crippen LogP contribution < -0.4 is 0 Å². The summed E-state index contributed by atoms with van der Waals surface area (Å²) in [6, 6.07) is 6.15. The van der Waals surface area contributed by atoms with E-state index >= 15 is 0 Å². The van der Waals surface area contributed by atoms with E-state index < -0.39 is 12.0 Å². The molecule has 2 rings (SSSR count). The van der Waals surface area contributed by atoms with Crippen molar-refractivity contribution in [3.8, 4) is 11.8 Å². The van der Waals surface area contributed by atoms with E-state index in [2.05, 4.69) is 6.07 Å². The Morgan fingerprint density at radius 1 is 1.45 bits per heavy atom. The Morgan fingerprint density at radius 2 is 2.10 bits per heavy atom. The molecule has 1 fully saturated rings. The molecule has 1 saturated heterocycles. The Morgan fingerprint density at radius 3 is 2.65 bits per heavy atom. The summed E-state index contributed by atoms with van der Waals surface area (Å²) in [4.78, 5) is 12.8. The average molecular weight is 295 g/mol. The van der Waals surface area contributed by atoms with Crippen LogP contribution in [0.2, 0.25) is 5.02 Å². The minimum atomic E-state index is -0.788. The molecule has 1 heterocycles. The van der Waals surface area contributed by atoms with Gasteiger partial charge < -0.3 is 10.2 Å². The maximum atomic E-state index is 10.9. The van der Waals surface area contributed by atoms with Crippen LogP contribution in [0, 0.1) is 17.2 Å². The molecular weight excluding hydrogens is 280 g/mol. The molecule has 1 aromatic rings. The number of aliphatic carboxylic acids is 1. The smallest absolute Gasteiger partial charge is 0.306 e. The molecule has 0 spiro atoms. The van der Waals surface area contributed by atoms with Crippen molar-refractivity contribution >= 4 is 17.6 Å². The summed E-state index contributed by atoms with van der Waals surface area (Å²) in [7, 11) is 0. The second-order valence-corrected chi connectivity index (χ2v) is 5.32. The first-order chi connectivity index (χ1) is 9.52. The number of halogens is 1. The average Bonchev–Trinajstić information content (AvgIpc) is 2.44. The van der Waals surface area contributed by atoms with Crippen molar-refractivity contribution in [1.29, 1.82) is 5.26 Å². The first-order valence-electron chi connectivity index (χ1n) is 6.38. The SMILES string of the molecule is N#CC(c1cc(Cl)ccc1O)N1CCC(C(=O)O)CC1. The molecule has 1 aliphatic heterocycles. The number of carbonyl (C=O) groups is 1. The summed E-state index contributed by atoms with van der Waals surface area (Å²) >= 11 is 5.90. The number of piperidine rings is 1. The van der Waals surface area contributed by atoms with E-state index in [-0.39, 0.29) is 11.7 Å². The topological polar surface area (TPSA) is 84.6 Å². The monoisotopic (exact) mass is 294 g/mol. The summed E-state index contributed by atoms with van der Waals surface area (Å²) in [5, 5.41) is 28.7. The van der Waals surface area contributed by atoms with Crippen molar-refractivity contribution in [2.75, 3.05) is 13.1 Å². The van der Waals surface area contributed by atoms with Gasteiger partial charge in [0.25, 0.3) is 0 Å². The predicted octanol–water partition coefficient (Wildman–Crippen LogP) is 2.41. The molecule has 6 heteroatoms. The van der Waals surface area contributed by atoms with Gasteiger partial charge in [-0.05, 0) is 31.0 Å². The van der Waals surface area contributed by atoms with Crippen molar-refractivity contribution in [3.63, 3.8) is 0 Å². The van der Waals surface area contributed by atoms with Gasteiger partial charge in [-0.1, -0.05) is 11.6 Å². The van der Waals surface area contributed by atoms with Crippen molar-refractivity contribution in [2.24, 2.45) is 5.92 Å². The van der Waals surface area contributed by atoms with Gasteiger partial charge in [0, 0.05) is 23.7 Å². The molecule has 1 aliphatic rings. The highest BCUT2D eigenvalue weighted by atomic mass is 35.5.